The maximum Gasteiger partial charge on any atom is 0.0633 e. The first-order valence-electron chi connectivity index (χ1n) is 6.96. The lowest BCUT2D eigenvalue weighted by molar-refractivity contribution is 1.26. The maximum atomic E-state index is 4.72. The third kappa shape index (κ3) is 2.52. The van der Waals surface area contributed by atoms with Gasteiger partial charge in [-0.15, -0.1) is 0 Å². The van der Waals surface area contributed by atoms with E-state index in [1.54, 1.807) is 0 Å². The molecule has 21 heavy (non-hydrogen) atoms. The Hall–Kier alpha value is -2.26. The van der Waals surface area contributed by atoms with E-state index in [0.29, 0.717) is 0 Å². The molecule has 0 bridgehead atoms. The van der Waals surface area contributed by atoms with Crippen molar-refractivity contribution in [2.75, 3.05) is 5.32 Å². The molecule has 0 unspecified atom stereocenters. The Morgan fingerprint density at radius 1 is 0.905 bits per heavy atom. The fourth-order valence-electron chi connectivity index (χ4n) is 2.48. The average Bonchev–Trinajstić information content (AvgIpc) is 2.54. The van der Waals surface area contributed by atoms with Gasteiger partial charge in [0.25, 0.3) is 0 Å². The number of hydrogen-bond donors (Lipinski definition) is 1. The highest BCUT2D eigenvalue weighted by molar-refractivity contribution is 8.03. The molecule has 0 saturated carbocycles. The van der Waals surface area contributed by atoms with Gasteiger partial charge in [-0.1, -0.05) is 42.1 Å². The molecule has 102 valence electrons. The molecule has 2 aliphatic rings. The molecule has 4 rings (SSSR count). The SMILES string of the molecule is C1=CC2=C(CC1=Nc1ccccc1)Sc1ccccc1N2. The highest BCUT2D eigenvalue weighted by Crippen LogP contribution is 2.42. The van der Waals surface area contributed by atoms with E-state index in [0.717, 1.165) is 17.8 Å². The van der Waals surface area contributed by atoms with E-state index in [1.165, 1.54) is 21.2 Å². The Morgan fingerprint density at radius 2 is 1.71 bits per heavy atom. The quantitative estimate of drug-likeness (QED) is 0.785. The number of fused-ring (bicyclic) bond motifs is 1. The number of thioether (sulfide) groups is 1. The third-order valence-corrected chi connectivity index (χ3v) is 4.69. The second kappa shape index (κ2) is 5.26. The minimum atomic E-state index is 0.882. The zero-order chi connectivity index (χ0) is 14.1. The first-order valence-corrected chi connectivity index (χ1v) is 7.78. The van der Waals surface area contributed by atoms with Crippen molar-refractivity contribution >= 4 is 28.8 Å². The van der Waals surface area contributed by atoms with Gasteiger partial charge in [0.2, 0.25) is 0 Å². The normalized spacial score (nSPS) is 18.2. The molecule has 0 atom stereocenters. The van der Waals surface area contributed by atoms with E-state index < -0.39 is 0 Å². The lowest BCUT2D eigenvalue weighted by atomic mass is 10.1. The van der Waals surface area contributed by atoms with Crippen molar-refractivity contribution in [3.63, 3.8) is 0 Å². The van der Waals surface area contributed by atoms with Crippen molar-refractivity contribution in [3.8, 4) is 0 Å². The average molecular weight is 290 g/mol. The number of nitrogens with one attached hydrogen (secondary N) is 1. The molecule has 0 saturated heterocycles. The number of benzene rings is 2. The van der Waals surface area contributed by atoms with Gasteiger partial charge in [-0.05, 0) is 36.4 Å². The summed E-state index contributed by atoms with van der Waals surface area (Å²) in [5, 5.41) is 3.50. The summed E-state index contributed by atoms with van der Waals surface area (Å²) >= 11 is 1.84. The number of allylic oxidation sites excluding steroid dienone is 3. The van der Waals surface area contributed by atoms with Gasteiger partial charge in [0, 0.05) is 27.6 Å². The van der Waals surface area contributed by atoms with Crippen molar-refractivity contribution in [1.82, 2.24) is 0 Å². The first-order chi connectivity index (χ1) is 10.4. The van der Waals surface area contributed by atoms with E-state index >= 15 is 0 Å². The molecule has 2 aromatic rings. The van der Waals surface area contributed by atoms with Crippen LogP contribution in [0.15, 0.2) is 87.2 Å². The smallest absolute Gasteiger partial charge is 0.0633 e. The Labute approximate surface area is 128 Å². The number of para-hydroxylation sites is 2. The van der Waals surface area contributed by atoms with Gasteiger partial charge in [0.1, 0.15) is 0 Å². The Kier molecular flexibility index (Phi) is 3.13. The van der Waals surface area contributed by atoms with Crippen LogP contribution in [0, 0.1) is 0 Å². The first kappa shape index (κ1) is 12.5. The summed E-state index contributed by atoms with van der Waals surface area (Å²) in [5.41, 5.74) is 4.50. The molecule has 2 nitrogen and oxygen atoms in total. The summed E-state index contributed by atoms with van der Waals surface area (Å²) in [7, 11) is 0. The zero-order valence-corrected chi connectivity index (χ0v) is 12.2. The second-order valence-electron chi connectivity index (χ2n) is 5.01. The number of hydrogen-bond acceptors (Lipinski definition) is 3. The predicted octanol–water partition coefficient (Wildman–Crippen LogP) is 5.15. The Bertz CT molecular complexity index is 773. The number of anilines is 1. The van der Waals surface area contributed by atoms with Crippen molar-refractivity contribution < 1.29 is 0 Å². The maximum absolute atomic E-state index is 4.72. The van der Waals surface area contributed by atoms with Crippen LogP contribution in [0.5, 0.6) is 0 Å². The third-order valence-electron chi connectivity index (χ3n) is 3.50. The molecule has 0 spiro atoms. The van der Waals surface area contributed by atoms with Crippen molar-refractivity contribution in [3.05, 3.63) is 77.4 Å². The van der Waals surface area contributed by atoms with Crippen LogP contribution in [0.3, 0.4) is 0 Å². The van der Waals surface area contributed by atoms with Crippen LogP contribution in [-0.2, 0) is 0 Å². The van der Waals surface area contributed by atoms with Crippen LogP contribution in [0.1, 0.15) is 6.42 Å². The van der Waals surface area contributed by atoms with Gasteiger partial charge in [-0.3, -0.25) is 4.99 Å². The molecule has 1 aliphatic carbocycles. The molecule has 0 aromatic heterocycles. The van der Waals surface area contributed by atoms with Gasteiger partial charge in [-0.2, -0.15) is 0 Å². The van der Waals surface area contributed by atoms with Gasteiger partial charge in [-0.25, -0.2) is 0 Å². The molecule has 1 N–H and O–H groups in total. The van der Waals surface area contributed by atoms with Crippen LogP contribution in [0.25, 0.3) is 0 Å². The van der Waals surface area contributed by atoms with Gasteiger partial charge in [0.05, 0.1) is 11.4 Å². The highest BCUT2D eigenvalue weighted by atomic mass is 32.2. The van der Waals surface area contributed by atoms with Crippen molar-refractivity contribution in [2.24, 2.45) is 4.99 Å². The van der Waals surface area contributed by atoms with E-state index in [-0.39, 0.29) is 0 Å². The summed E-state index contributed by atoms with van der Waals surface area (Å²) in [6.07, 6.45) is 5.11. The van der Waals surface area contributed by atoms with Crippen LogP contribution in [0.2, 0.25) is 0 Å². The fraction of sp³-hybridized carbons (Fsp3) is 0.0556. The zero-order valence-electron chi connectivity index (χ0n) is 11.4. The van der Waals surface area contributed by atoms with E-state index in [2.05, 4.69) is 41.7 Å². The minimum absolute atomic E-state index is 0.882. The number of nitrogens with zero attached hydrogens (tertiary/aromatic N) is 1. The van der Waals surface area contributed by atoms with Crippen molar-refractivity contribution in [1.29, 1.82) is 0 Å². The standard InChI is InChI=1S/C18H14N2S/c1-2-6-13(7-3-1)19-14-10-11-16-18(12-14)21-17-9-5-4-8-15(17)20-16/h1-11,20H,12H2. The molecule has 0 fully saturated rings. The lowest BCUT2D eigenvalue weighted by Gasteiger charge is -2.24. The van der Waals surface area contributed by atoms with E-state index in [4.69, 9.17) is 4.99 Å². The summed E-state index contributed by atoms with van der Waals surface area (Å²) in [6, 6.07) is 18.5. The molecule has 2 aromatic carbocycles. The fourth-order valence-corrected chi connectivity index (χ4v) is 3.57. The Balaban J connectivity index is 1.61. The van der Waals surface area contributed by atoms with Gasteiger partial charge in [0.15, 0.2) is 0 Å². The predicted molar refractivity (Wildman–Crippen MR) is 90.2 cm³/mol. The molecule has 0 radical (unpaired) electrons. The van der Waals surface area contributed by atoms with E-state index in [1.807, 2.05) is 42.1 Å². The van der Waals surface area contributed by atoms with Crippen molar-refractivity contribution in [2.45, 2.75) is 11.3 Å². The summed E-state index contributed by atoms with van der Waals surface area (Å²) < 4.78 is 0. The summed E-state index contributed by atoms with van der Waals surface area (Å²) in [4.78, 5) is 7.34. The van der Waals surface area contributed by atoms with Crippen LogP contribution < -0.4 is 5.32 Å². The second-order valence-corrected chi connectivity index (χ2v) is 6.15. The van der Waals surface area contributed by atoms with Crippen LogP contribution >= 0.6 is 11.8 Å². The summed E-state index contributed by atoms with van der Waals surface area (Å²) in [5.74, 6) is 0. The molecule has 3 heteroatoms. The lowest BCUT2D eigenvalue weighted by Crippen LogP contribution is -2.12. The molecule has 0 amide bonds. The summed E-state index contributed by atoms with van der Waals surface area (Å²) in [6.45, 7) is 0. The Morgan fingerprint density at radius 3 is 2.62 bits per heavy atom. The van der Waals surface area contributed by atoms with Crippen LogP contribution in [0.4, 0.5) is 11.4 Å². The molecular weight excluding hydrogens is 276 g/mol. The molecule has 1 heterocycles. The van der Waals surface area contributed by atoms with Gasteiger partial charge >= 0.3 is 0 Å². The highest BCUT2D eigenvalue weighted by Gasteiger charge is 2.20. The molecular formula is C18H14N2S. The van der Waals surface area contributed by atoms with Crippen LogP contribution in [-0.4, -0.2) is 5.71 Å². The number of aliphatic imine (C=N–C) groups is 1. The number of rotatable bonds is 1. The van der Waals surface area contributed by atoms with Gasteiger partial charge < -0.3 is 5.32 Å². The minimum Gasteiger partial charge on any atom is -0.354 e. The topological polar surface area (TPSA) is 24.4 Å². The van der Waals surface area contributed by atoms with E-state index in [9.17, 15) is 0 Å². The molecule has 1 aliphatic heterocycles. The monoisotopic (exact) mass is 290 g/mol. The largest absolute Gasteiger partial charge is 0.354 e.